The Labute approximate surface area is 125 Å². The predicted octanol–water partition coefficient (Wildman–Crippen LogP) is 2.80. The molecule has 1 fully saturated rings. The van der Waals surface area contributed by atoms with E-state index in [1.54, 1.807) is 6.07 Å². The lowest BCUT2D eigenvalue weighted by atomic mass is 10.1. The first-order valence-corrected chi connectivity index (χ1v) is 7.22. The fourth-order valence-corrected chi connectivity index (χ4v) is 2.63. The van der Waals surface area contributed by atoms with Crippen LogP contribution >= 0.6 is 11.6 Å². The lowest BCUT2D eigenvalue weighted by molar-refractivity contribution is 0.558. The molecule has 0 saturated heterocycles. The number of benzene rings is 1. The summed E-state index contributed by atoms with van der Waals surface area (Å²) in [4.78, 5) is 26.8. The van der Waals surface area contributed by atoms with Crippen molar-refractivity contribution in [2.45, 2.75) is 25.8 Å². The SMILES string of the molecule is O=c1[nH]c(Cl)c(-c2cccc(F)c2)c(=O)n1CCC1CC1. The molecule has 0 bridgehead atoms. The first-order chi connectivity index (χ1) is 10.1. The summed E-state index contributed by atoms with van der Waals surface area (Å²) in [6.45, 7) is 0.359. The number of rotatable bonds is 4. The highest BCUT2D eigenvalue weighted by Crippen LogP contribution is 2.32. The minimum Gasteiger partial charge on any atom is -0.297 e. The molecule has 2 aromatic rings. The molecule has 0 atom stereocenters. The van der Waals surface area contributed by atoms with Crippen LogP contribution in [0.2, 0.25) is 5.15 Å². The predicted molar refractivity (Wildman–Crippen MR) is 79.1 cm³/mol. The molecule has 1 aliphatic rings. The van der Waals surface area contributed by atoms with Gasteiger partial charge in [-0.05, 0) is 30.0 Å². The van der Waals surface area contributed by atoms with Gasteiger partial charge in [0.05, 0.1) is 5.56 Å². The van der Waals surface area contributed by atoms with E-state index >= 15 is 0 Å². The standard InChI is InChI=1S/C15H14ClFN2O2/c16-13-12(10-2-1-3-11(17)8-10)14(20)19(15(21)18-13)7-6-9-4-5-9/h1-3,8-9H,4-7H2,(H,18,21). The van der Waals surface area contributed by atoms with Gasteiger partial charge in [-0.25, -0.2) is 9.18 Å². The average molecular weight is 309 g/mol. The van der Waals surface area contributed by atoms with E-state index < -0.39 is 17.1 Å². The number of hydrogen-bond acceptors (Lipinski definition) is 2. The number of aromatic amines is 1. The first-order valence-electron chi connectivity index (χ1n) is 6.85. The van der Waals surface area contributed by atoms with Gasteiger partial charge in [0.15, 0.2) is 0 Å². The second-order valence-electron chi connectivity index (χ2n) is 5.32. The van der Waals surface area contributed by atoms with Gasteiger partial charge in [0.25, 0.3) is 5.56 Å². The van der Waals surface area contributed by atoms with Gasteiger partial charge in [-0.2, -0.15) is 0 Å². The van der Waals surface area contributed by atoms with Crippen LogP contribution in [0.1, 0.15) is 19.3 Å². The highest BCUT2D eigenvalue weighted by atomic mass is 35.5. The van der Waals surface area contributed by atoms with Gasteiger partial charge in [0, 0.05) is 6.54 Å². The van der Waals surface area contributed by atoms with Gasteiger partial charge in [-0.15, -0.1) is 0 Å². The molecule has 3 rings (SSSR count). The van der Waals surface area contributed by atoms with Crippen LogP contribution in [0.5, 0.6) is 0 Å². The van der Waals surface area contributed by atoms with Crippen molar-refractivity contribution in [3.05, 3.63) is 56.1 Å². The van der Waals surface area contributed by atoms with Crippen LogP contribution in [-0.2, 0) is 6.54 Å². The molecule has 1 saturated carbocycles. The van der Waals surface area contributed by atoms with Crippen molar-refractivity contribution in [3.8, 4) is 11.1 Å². The van der Waals surface area contributed by atoms with Crippen molar-refractivity contribution in [3.63, 3.8) is 0 Å². The van der Waals surface area contributed by atoms with Gasteiger partial charge in [0.2, 0.25) is 0 Å². The molecule has 6 heteroatoms. The molecule has 0 radical (unpaired) electrons. The van der Waals surface area contributed by atoms with Crippen molar-refractivity contribution >= 4 is 11.6 Å². The van der Waals surface area contributed by atoms with Crippen molar-refractivity contribution in [2.75, 3.05) is 0 Å². The van der Waals surface area contributed by atoms with E-state index in [1.165, 1.54) is 18.2 Å². The highest BCUT2D eigenvalue weighted by Gasteiger charge is 2.22. The third-order valence-electron chi connectivity index (χ3n) is 3.71. The van der Waals surface area contributed by atoms with Crippen LogP contribution in [0.3, 0.4) is 0 Å². The lowest BCUT2D eigenvalue weighted by Crippen LogP contribution is -2.36. The summed E-state index contributed by atoms with van der Waals surface area (Å²) < 4.78 is 14.5. The molecule has 110 valence electrons. The van der Waals surface area contributed by atoms with E-state index in [0.29, 0.717) is 18.0 Å². The lowest BCUT2D eigenvalue weighted by Gasteiger charge is -2.09. The summed E-state index contributed by atoms with van der Waals surface area (Å²) in [5.41, 5.74) is -0.506. The van der Waals surface area contributed by atoms with E-state index in [4.69, 9.17) is 11.6 Å². The molecule has 0 spiro atoms. The second kappa shape index (κ2) is 5.48. The van der Waals surface area contributed by atoms with E-state index in [1.807, 2.05) is 0 Å². The van der Waals surface area contributed by atoms with E-state index in [2.05, 4.69) is 4.98 Å². The Hall–Kier alpha value is -1.88. The van der Waals surface area contributed by atoms with Gasteiger partial charge in [-0.3, -0.25) is 14.3 Å². The Bertz CT molecular complexity index is 793. The summed E-state index contributed by atoms with van der Waals surface area (Å²) in [5.74, 6) is 0.142. The monoisotopic (exact) mass is 308 g/mol. The smallest absolute Gasteiger partial charge is 0.297 e. The van der Waals surface area contributed by atoms with Crippen molar-refractivity contribution in [1.82, 2.24) is 9.55 Å². The Balaban J connectivity index is 2.09. The summed E-state index contributed by atoms with van der Waals surface area (Å²) in [5, 5.41) is -0.0572. The molecule has 1 N–H and O–H groups in total. The molecule has 4 nitrogen and oxygen atoms in total. The maximum absolute atomic E-state index is 13.3. The van der Waals surface area contributed by atoms with E-state index in [9.17, 15) is 14.0 Å². The maximum atomic E-state index is 13.3. The summed E-state index contributed by atoms with van der Waals surface area (Å²) in [6.07, 6.45) is 3.10. The maximum Gasteiger partial charge on any atom is 0.329 e. The van der Waals surface area contributed by atoms with Gasteiger partial charge in [0.1, 0.15) is 11.0 Å². The van der Waals surface area contributed by atoms with Crippen LogP contribution in [-0.4, -0.2) is 9.55 Å². The summed E-state index contributed by atoms with van der Waals surface area (Å²) in [6, 6.07) is 5.61. The van der Waals surface area contributed by atoms with Crippen LogP contribution in [0, 0.1) is 11.7 Å². The largest absolute Gasteiger partial charge is 0.329 e. The summed E-state index contributed by atoms with van der Waals surface area (Å²) >= 11 is 5.98. The number of nitrogens with zero attached hydrogens (tertiary/aromatic N) is 1. The van der Waals surface area contributed by atoms with E-state index in [-0.39, 0.29) is 10.7 Å². The number of halogens is 2. The van der Waals surface area contributed by atoms with Crippen LogP contribution in [0.25, 0.3) is 11.1 Å². The number of H-pyrrole nitrogens is 1. The fourth-order valence-electron chi connectivity index (χ4n) is 2.36. The zero-order valence-corrected chi connectivity index (χ0v) is 12.0. The minimum atomic E-state index is -0.522. The Morgan fingerprint density at radius 1 is 1.33 bits per heavy atom. The molecular weight excluding hydrogens is 295 g/mol. The summed E-state index contributed by atoms with van der Waals surface area (Å²) in [7, 11) is 0. The quantitative estimate of drug-likeness (QED) is 0.883. The van der Waals surface area contributed by atoms with Crippen molar-refractivity contribution < 1.29 is 4.39 Å². The fraction of sp³-hybridized carbons (Fsp3) is 0.333. The Morgan fingerprint density at radius 3 is 2.76 bits per heavy atom. The molecule has 1 aliphatic carbocycles. The normalized spacial score (nSPS) is 14.4. The third kappa shape index (κ3) is 2.93. The van der Waals surface area contributed by atoms with Gasteiger partial charge < -0.3 is 0 Å². The third-order valence-corrected chi connectivity index (χ3v) is 3.99. The van der Waals surface area contributed by atoms with Crippen LogP contribution in [0.15, 0.2) is 33.9 Å². The number of nitrogens with one attached hydrogen (secondary N) is 1. The first kappa shape index (κ1) is 14.1. The molecule has 0 aliphatic heterocycles. The number of hydrogen-bond donors (Lipinski definition) is 1. The molecule has 0 unspecified atom stereocenters. The Kier molecular flexibility index (Phi) is 3.68. The molecule has 21 heavy (non-hydrogen) atoms. The molecule has 0 amide bonds. The zero-order chi connectivity index (χ0) is 15.0. The van der Waals surface area contributed by atoms with Crippen molar-refractivity contribution in [1.29, 1.82) is 0 Å². The van der Waals surface area contributed by atoms with E-state index in [0.717, 1.165) is 23.8 Å². The molecule has 1 heterocycles. The average Bonchev–Trinajstić information content (AvgIpc) is 3.22. The van der Waals surface area contributed by atoms with Gasteiger partial charge in [-0.1, -0.05) is 36.6 Å². The topological polar surface area (TPSA) is 54.9 Å². The molecular formula is C15H14ClFN2O2. The molecule has 1 aromatic heterocycles. The number of aromatic nitrogens is 2. The van der Waals surface area contributed by atoms with Crippen molar-refractivity contribution in [2.24, 2.45) is 5.92 Å². The minimum absolute atomic E-state index is 0.0572. The zero-order valence-electron chi connectivity index (χ0n) is 11.2. The second-order valence-corrected chi connectivity index (χ2v) is 5.70. The van der Waals surface area contributed by atoms with Crippen LogP contribution < -0.4 is 11.2 Å². The van der Waals surface area contributed by atoms with Crippen LogP contribution in [0.4, 0.5) is 4.39 Å². The van der Waals surface area contributed by atoms with Gasteiger partial charge >= 0.3 is 5.69 Å². The Morgan fingerprint density at radius 2 is 2.10 bits per heavy atom. The highest BCUT2D eigenvalue weighted by molar-refractivity contribution is 6.32. The molecule has 1 aromatic carbocycles.